The summed E-state index contributed by atoms with van der Waals surface area (Å²) in [5, 5.41) is 3.19. The molecule has 2 aliphatic rings. The number of allylic oxidation sites excluding steroid dienone is 5. The summed E-state index contributed by atoms with van der Waals surface area (Å²) in [5.41, 5.74) is 2.17. The SMILES string of the molecule is C1CCOC1.[C-]1=CC=CC1=CNc1ccccc1.[Li+]. The fourth-order valence-corrected chi connectivity index (χ4v) is 1.64. The first-order chi connectivity index (χ1) is 8.95. The van der Waals surface area contributed by atoms with E-state index in [1.54, 1.807) is 0 Å². The normalized spacial score (nSPS) is 17.8. The number of hydrogen-bond acceptors (Lipinski definition) is 2. The smallest absolute Gasteiger partial charge is 0.401 e. The minimum atomic E-state index is 0. The standard InChI is InChI=1S/C12H10N.C4H8O.Li/c1-2-8-12(9-3-1)13-10-11-6-4-5-7-11;1-2-4-5-3-1;/h1-6,8-10,13H;1-4H2;/q-1;;+1. The van der Waals surface area contributed by atoms with Crippen LogP contribution in [0, 0.1) is 6.08 Å². The zero-order valence-electron chi connectivity index (χ0n) is 11.4. The molecule has 19 heavy (non-hydrogen) atoms. The second-order valence-electron chi connectivity index (χ2n) is 4.10. The molecule has 1 aliphatic heterocycles. The summed E-state index contributed by atoms with van der Waals surface area (Å²) < 4.78 is 4.94. The maximum absolute atomic E-state index is 4.94. The molecule has 1 N–H and O–H groups in total. The summed E-state index contributed by atoms with van der Waals surface area (Å²) in [6.45, 7) is 2.00. The number of hydrogen-bond donors (Lipinski definition) is 1. The Labute approximate surface area is 127 Å². The van der Waals surface area contributed by atoms with Crippen molar-refractivity contribution in [2.75, 3.05) is 18.5 Å². The number of benzene rings is 1. The van der Waals surface area contributed by atoms with Gasteiger partial charge in [0.2, 0.25) is 0 Å². The van der Waals surface area contributed by atoms with Crippen LogP contribution in [0.5, 0.6) is 0 Å². The average Bonchev–Trinajstić information content (AvgIpc) is 3.13. The zero-order chi connectivity index (χ0) is 12.5. The second-order valence-corrected chi connectivity index (χ2v) is 4.10. The van der Waals surface area contributed by atoms with Gasteiger partial charge in [-0.25, -0.2) is 0 Å². The van der Waals surface area contributed by atoms with E-state index in [2.05, 4.69) is 11.4 Å². The Morgan fingerprint density at radius 1 is 1.11 bits per heavy atom. The van der Waals surface area contributed by atoms with Gasteiger partial charge >= 0.3 is 18.9 Å². The average molecular weight is 247 g/mol. The molecular formula is C16H18LiNO. The van der Waals surface area contributed by atoms with Crippen molar-refractivity contribution in [3.8, 4) is 0 Å². The van der Waals surface area contributed by atoms with Gasteiger partial charge in [0.25, 0.3) is 0 Å². The molecule has 0 atom stereocenters. The molecular weight excluding hydrogens is 229 g/mol. The van der Waals surface area contributed by atoms with E-state index in [4.69, 9.17) is 4.74 Å². The first-order valence-corrected chi connectivity index (χ1v) is 6.31. The van der Waals surface area contributed by atoms with Crippen molar-refractivity contribution in [3.63, 3.8) is 0 Å². The van der Waals surface area contributed by atoms with Crippen molar-refractivity contribution in [3.05, 3.63) is 66.4 Å². The molecule has 1 fully saturated rings. The second kappa shape index (κ2) is 9.69. The van der Waals surface area contributed by atoms with Gasteiger partial charge in [-0.05, 0) is 25.0 Å². The van der Waals surface area contributed by atoms with Crippen LogP contribution in [-0.4, -0.2) is 13.2 Å². The molecule has 3 rings (SSSR count). The molecule has 3 heteroatoms. The van der Waals surface area contributed by atoms with Crippen LogP contribution in [0.2, 0.25) is 0 Å². The van der Waals surface area contributed by atoms with Gasteiger partial charge in [-0.3, -0.25) is 0 Å². The van der Waals surface area contributed by atoms with Crippen LogP contribution in [0.25, 0.3) is 0 Å². The van der Waals surface area contributed by atoms with Crippen LogP contribution in [0.4, 0.5) is 5.69 Å². The summed E-state index contributed by atoms with van der Waals surface area (Å²) >= 11 is 0. The van der Waals surface area contributed by atoms with Crippen LogP contribution < -0.4 is 24.2 Å². The Balaban J connectivity index is 0.000000256. The van der Waals surface area contributed by atoms with E-state index in [1.165, 1.54) is 12.8 Å². The third-order valence-electron chi connectivity index (χ3n) is 2.62. The third-order valence-corrected chi connectivity index (χ3v) is 2.62. The van der Waals surface area contributed by atoms with Gasteiger partial charge in [0.1, 0.15) is 0 Å². The molecule has 1 aliphatic carbocycles. The molecule has 1 saturated heterocycles. The molecule has 0 amide bonds. The van der Waals surface area contributed by atoms with Crippen LogP contribution in [0.15, 0.2) is 60.3 Å². The number of rotatable bonds is 2. The quantitative estimate of drug-likeness (QED) is 0.614. The van der Waals surface area contributed by atoms with E-state index >= 15 is 0 Å². The molecule has 0 radical (unpaired) electrons. The molecule has 1 aromatic carbocycles. The first-order valence-electron chi connectivity index (χ1n) is 6.31. The van der Waals surface area contributed by atoms with Crippen molar-refractivity contribution in [2.24, 2.45) is 0 Å². The first kappa shape index (κ1) is 15.9. The summed E-state index contributed by atoms with van der Waals surface area (Å²) in [4.78, 5) is 0. The van der Waals surface area contributed by atoms with Gasteiger partial charge in [-0.2, -0.15) is 18.2 Å². The molecule has 0 spiro atoms. The van der Waals surface area contributed by atoms with Gasteiger partial charge in [0.05, 0.1) is 0 Å². The van der Waals surface area contributed by atoms with E-state index in [0.29, 0.717) is 0 Å². The van der Waals surface area contributed by atoms with Crippen molar-refractivity contribution >= 4 is 5.69 Å². The summed E-state index contributed by atoms with van der Waals surface area (Å²) in [7, 11) is 0. The third kappa shape index (κ3) is 6.49. The Morgan fingerprint density at radius 3 is 2.37 bits per heavy atom. The predicted octanol–water partition coefficient (Wildman–Crippen LogP) is 0.712. The molecule has 1 heterocycles. The molecule has 0 aromatic heterocycles. The number of ether oxygens (including phenoxy) is 1. The van der Waals surface area contributed by atoms with Crippen LogP contribution in [0.1, 0.15) is 12.8 Å². The van der Waals surface area contributed by atoms with Gasteiger partial charge in [0, 0.05) is 18.9 Å². The molecule has 0 saturated carbocycles. The Bertz CT molecular complexity index is 412. The molecule has 2 nitrogen and oxygen atoms in total. The van der Waals surface area contributed by atoms with Crippen LogP contribution in [0.3, 0.4) is 0 Å². The van der Waals surface area contributed by atoms with Gasteiger partial charge < -0.3 is 10.1 Å². The minimum Gasteiger partial charge on any atom is -0.401 e. The fraction of sp³-hybridized carbons (Fsp3) is 0.250. The zero-order valence-corrected chi connectivity index (χ0v) is 11.4. The topological polar surface area (TPSA) is 21.3 Å². The van der Waals surface area contributed by atoms with Crippen LogP contribution in [-0.2, 0) is 4.74 Å². The van der Waals surface area contributed by atoms with Gasteiger partial charge in [-0.1, -0.05) is 24.4 Å². The summed E-state index contributed by atoms with van der Waals surface area (Å²) in [6.07, 6.45) is 13.5. The Morgan fingerprint density at radius 2 is 1.84 bits per heavy atom. The number of nitrogens with one attached hydrogen (secondary N) is 1. The number of anilines is 1. The number of para-hydroxylation sites is 1. The minimum absolute atomic E-state index is 0. The van der Waals surface area contributed by atoms with Crippen molar-refractivity contribution in [2.45, 2.75) is 12.8 Å². The Kier molecular flexibility index (Phi) is 8.09. The predicted molar refractivity (Wildman–Crippen MR) is 75.2 cm³/mol. The molecule has 94 valence electrons. The maximum Gasteiger partial charge on any atom is 1.00 e. The van der Waals surface area contributed by atoms with E-state index < -0.39 is 0 Å². The van der Waals surface area contributed by atoms with E-state index in [1.807, 2.05) is 54.8 Å². The van der Waals surface area contributed by atoms with E-state index in [-0.39, 0.29) is 18.9 Å². The Hall–Kier alpha value is -1.20. The van der Waals surface area contributed by atoms with E-state index in [9.17, 15) is 0 Å². The largest absolute Gasteiger partial charge is 1.00 e. The van der Waals surface area contributed by atoms with Crippen molar-refractivity contribution < 1.29 is 23.6 Å². The fourth-order valence-electron chi connectivity index (χ4n) is 1.64. The summed E-state index contributed by atoms with van der Waals surface area (Å²) in [6, 6.07) is 10.1. The molecule has 0 bridgehead atoms. The van der Waals surface area contributed by atoms with Crippen LogP contribution >= 0.6 is 0 Å². The van der Waals surface area contributed by atoms with Crippen molar-refractivity contribution in [1.82, 2.24) is 0 Å². The molecule has 0 unspecified atom stereocenters. The molecule has 1 aromatic rings. The van der Waals surface area contributed by atoms with Crippen molar-refractivity contribution in [1.29, 1.82) is 0 Å². The monoisotopic (exact) mass is 247 g/mol. The maximum atomic E-state index is 4.94. The van der Waals surface area contributed by atoms with Gasteiger partial charge in [0.15, 0.2) is 0 Å². The van der Waals surface area contributed by atoms with E-state index in [0.717, 1.165) is 24.5 Å². The van der Waals surface area contributed by atoms with Gasteiger partial charge in [-0.15, -0.1) is 11.6 Å². The summed E-state index contributed by atoms with van der Waals surface area (Å²) in [5.74, 6) is 0.